The molecule has 1 amide bonds. The minimum Gasteiger partial charge on any atom is -0.467 e. The zero-order chi connectivity index (χ0) is 12.0. The van der Waals surface area contributed by atoms with E-state index >= 15 is 0 Å². The molecular formula is C9H13N3O4. The van der Waals surface area contributed by atoms with Gasteiger partial charge in [0.25, 0.3) is 0 Å². The second-order valence-electron chi connectivity index (χ2n) is 3.03. The lowest BCUT2D eigenvalue weighted by Gasteiger charge is -2.13. The van der Waals surface area contributed by atoms with E-state index in [-0.39, 0.29) is 6.54 Å². The standard InChI is InChI=1S/C9H13N3O4/c1-16-9(15)7(6-13)11-8(14)5-12-4-2-3-10-12/h2-4,7,13H,5-6H2,1H3,(H,11,14). The van der Waals surface area contributed by atoms with Gasteiger partial charge in [0.1, 0.15) is 6.54 Å². The van der Waals surface area contributed by atoms with Crippen molar-refractivity contribution in [3.63, 3.8) is 0 Å². The molecule has 0 saturated carbocycles. The van der Waals surface area contributed by atoms with Crippen LogP contribution < -0.4 is 5.32 Å². The van der Waals surface area contributed by atoms with Crippen LogP contribution in [0.1, 0.15) is 0 Å². The molecule has 1 heterocycles. The highest BCUT2D eigenvalue weighted by Crippen LogP contribution is 1.89. The number of rotatable bonds is 5. The highest BCUT2D eigenvalue weighted by Gasteiger charge is 2.20. The van der Waals surface area contributed by atoms with Crippen LogP contribution in [0.4, 0.5) is 0 Å². The average molecular weight is 227 g/mol. The molecule has 2 N–H and O–H groups in total. The SMILES string of the molecule is COC(=O)C(CO)NC(=O)Cn1cccn1. The number of hydrogen-bond acceptors (Lipinski definition) is 5. The van der Waals surface area contributed by atoms with Crippen LogP contribution >= 0.6 is 0 Å². The number of carbonyl (C=O) groups is 2. The number of aromatic nitrogens is 2. The lowest BCUT2D eigenvalue weighted by molar-refractivity contribution is -0.146. The Labute approximate surface area is 92.0 Å². The van der Waals surface area contributed by atoms with E-state index in [0.717, 1.165) is 0 Å². The summed E-state index contributed by atoms with van der Waals surface area (Å²) in [6.07, 6.45) is 3.16. The van der Waals surface area contributed by atoms with Crippen LogP contribution in [0.15, 0.2) is 18.5 Å². The van der Waals surface area contributed by atoms with Crippen molar-refractivity contribution in [1.82, 2.24) is 15.1 Å². The minimum atomic E-state index is -1.03. The first-order chi connectivity index (χ1) is 7.67. The van der Waals surface area contributed by atoms with Gasteiger partial charge in [0, 0.05) is 12.4 Å². The Kier molecular flexibility index (Phi) is 4.46. The van der Waals surface area contributed by atoms with Gasteiger partial charge in [0.15, 0.2) is 6.04 Å². The van der Waals surface area contributed by atoms with Gasteiger partial charge >= 0.3 is 5.97 Å². The Morgan fingerprint density at radius 2 is 2.38 bits per heavy atom. The molecule has 0 aliphatic heterocycles. The number of hydrogen-bond donors (Lipinski definition) is 2. The number of aliphatic hydroxyl groups is 1. The smallest absolute Gasteiger partial charge is 0.330 e. The molecule has 0 fully saturated rings. The molecule has 0 saturated heterocycles. The first-order valence-corrected chi connectivity index (χ1v) is 4.63. The molecule has 88 valence electrons. The van der Waals surface area contributed by atoms with E-state index in [1.165, 1.54) is 18.0 Å². The van der Waals surface area contributed by atoms with Gasteiger partial charge in [-0.25, -0.2) is 4.79 Å². The van der Waals surface area contributed by atoms with Gasteiger partial charge in [-0.1, -0.05) is 0 Å². The fourth-order valence-corrected chi connectivity index (χ4v) is 1.10. The van der Waals surface area contributed by atoms with Crippen molar-refractivity contribution < 1.29 is 19.4 Å². The Balaban J connectivity index is 2.46. The fraction of sp³-hybridized carbons (Fsp3) is 0.444. The molecule has 0 aliphatic rings. The van der Waals surface area contributed by atoms with Crippen LogP contribution in [-0.4, -0.2) is 46.5 Å². The summed E-state index contributed by atoms with van der Waals surface area (Å²) in [6.45, 7) is -0.516. The summed E-state index contributed by atoms with van der Waals surface area (Å²) in [4.78, 5) is 22.5. The van der Waals surface area contributed by atoms with Crippen molar-refractivity contribution in [2.45, 2.75) is 12.6 Å². The number of nitrogens with one attached hydrogen (secondary N) is 1. The summed E-state index contributed by atoms with van der Waals surface area (Å²) in [6, 6.07) is 0.643. The molecule has 1 aromatic rings. The summed E-state index contributed by atoms with van der Waals surface area (Å²) in [5.74, 6) is -1.11. The maximum absolute atomic E-state index is 11.4. The third-order valence-corrected chi connectivity index (χ3v) is 1.87. The first-order valence-electron chi connectivity index (χ1n) is 4.63. The van der Waals surface area contributed by atoms with Gasteiger partial charge in [-0.05, 0) is 6.07 Å². The minimum absolute atomic E-state index is 0.0134. The number of nitrogens with zero attached hydrogens (tertiary/aromatic N) is 2. The predicted octanol–water partition coefficient (Wildman–Crippen LogP) is -1.47. The Bertz CT molecular complexity index is 350. The number of amides is 1. The van der Waals surface area contributed by atoms with E-state index < -0.39 is 24.5 Å². The van der Waals surface area contributed by atoms with Crippen LogP contribution in [0.2, 0.25) is 0 Å². The van der Waals surface area contributed by atoms with Gasteiger partial charge in [-0.3, -0.25) is 9.48 Å². The second kappa shape index (κ2) is 5.86. The number of methoxy groups -OCH3 is 1. The normalized spacial score (nSPS) is 11.9. The molecule has 0 aromatic carbocycles. The highest BCUT2D eigenvalue weighted by atomic mass is 16.5. The van der Waals surface area contributed by atoms with E-state index in [1.54, 1.807) is 12.3 Å². The van der Waals surface area contributed by atoms with E-state index in [9.17, 15) is 9.59 Å². The molecule has 7 heteroatoms. The van der Waals surface area contributed by atoms with Crippen LogP contribution in [0.3, 0.4) is 0 Å². The number of carbonyl (C=O) groups excluding carboxylic acids is 2. The van der Waals surface area contributed by atoms with Crippen molar-refractivity contribution in [1.29, 1.82) is 0 Å². The van der Waals surface area contributed by atoms with Crippen LogP contribution in [0.25, 0.3) is 0 Å². The molecular weight excluding hydrogens is 214 g/mol. The molecule has 1 atom stereocenters. The summed E-state index contributed by atoms with van der Waals surface area (Å²) >= 11 is 0. The fourth-order valence-electron chi connectivity index (χ4n) is 1.10. The molecule has 0 bridgehead atoms. The van der Waals surface area contributed by atoms with Crippen molar-refractivity contribution in [3.8, 4) is 0 Å². The zero-order valence-corrected chi connectivity index (χ0v) is 8.79. The van der Waals surface area contributed by atoms with E-state index in [1.807, 2.05) is 0 Å². The van der Waals surface area contributed by atoms with Crippen molar-refractivity contribution in [2.75, 3.05) is 13.7 Å². The van der Waals surface area contributed by atoms with Crippen LogP contribution in [0.5, 0.6) is 0 Å². The lowest BCUT2D eigenvalue weighted by Crippen LogP contribution is -2.45. The first kappa shape index (κ1) is 12.2. The monoisotopic (exact) mass is 227 g/mol. The van der Waals surface area contributed by atoms with Gasteiger partial charge in [-0.2, -0.15) is 5.10 Å². The van der Waals surface area contributed by atoms with Crippen LogP contribution in [-0.2, 0) is 20.9 Å². The summed E-state index contributed by atoms with van der Waals surface area (Å²) in [5.41, 5.74) is 0. The van der Waals surface area contributed by atoms with E-state index in [4.69, 9.17) is 5.11 Å². The predicted molar refractivity (Wildman–Crippen MR) is 53.3 cm³/mol. The molecule has 0 spiro atoms. The Morgan fingerprint density at radius 3 is 2.88 bits per heavy atom. The molecule has 0 radical (unpaired) electrons. The molecule has 16 heavy (non-hydrogen) atoms. The van der Waals surface area contributed by atoms with E-state index in [2.05, 4.69) is 15.2 Å². The van der Waals surface area contributed by atoms with Gasteiger partial charge in [0.05, 0.1) is 13.7 Å². The third-order valence-electron chi connectivity index (χ3n) is 1.87. The van der Waals surface area contributed by atoms with Crippen molar-refractivity contribution in [2.24, 2.45) is 0 Å². The molecule has 1 unspecified atom stereocenters. The summed E-state index contributed by atoms with van der Waals surface area (Å²) in [7, 11) is 1.19. The molecule has 1 aromatic heterocycles. The molecule has 0 aliphatic carbocycles. The molecule has 7 nitrogen and oxygen atoms in total. The van der Waals surface area contributed by atoms with Crippen LogP contribution in [0, 0.1) is 0 Å². The highest BCUT2D eigenvalue weighted by molar-refractivity contribution is 5.84. The van der Waals surface area contributed by atoms with Crippen molar-refractivity contribution in [3.05, 3.63) is 18.5 Å². The van der Waals surface area contributed by atoms with E-state index in [0.29, 0.717) is 0 Å². The zero-order valence-electron chi connectivity index (χ0n) is 8.79. The lowest BCUT2D eigenvalue weighted by atomic mass is 10.3. The Morgan fingerprint density at radius 1 is 1.62 bits per heavy atom. The second-order valence-corrected chi connectivity index (χ2v) is 3.03. The average Bonchev–Trinajstić information content (AvgIpc) is 2.77. The number of esters is 1. The summed E-state index contributed by atoms with van der Waals surface area (Å²) in [5, 5.41) is 15.0. The van der Waals surface area contributed by atoms with Gasteiger partial charge in [0.2, 0.25) is 5.91 Å². The third kappa shape index (κ3) is 3.35. The topological polar surface area (TPSA) is 93.5 Å². The quantitative estimate of drug-likeness (QED) is 0.599. The maximum Gasteiger partial charge on any atom is 0.330 e. The maximum atomic E-state index is 11.4. The van der Waals surface area contributed by atoms with Gasteiger partial charge in [-0.15, -0.1) is 0 Å². The molecule has 1 rings (SSSR count). The largest absolute Gasteiger partial charge is 0.467 e. The number of ether oxygens (including phenoxy) is 1. The number of aliphatic hydroxyl groups excluding tert-OH is 1. The Hall–Kier alpha value is -1.89. The summed E-state index contributed by atoms with van der Waals surface area (Å²) < 4.78 is 5.81. The van der Waals surface area contributed by atoms with Gasteiger partial charge < -0.3 is 15.2 Å². The van der Waals surface area contributed by atoms with Crippen molar-refractivity contribution >= 4 is 11.9 Å².